The smallest absolute Gasteiger partial charge is 0.251 e. The van der Waals surface area contributed by atoms with Crippen molar-refractivity contribution in [2.24, 2.45) is 5.73 Å². The van der Waals surface area contributed by atoms with Crippen LogP contribution in [0.3, 0.4) is 0 Å². The summed E-state index contributed by atoms with van der Waals surface area (Å²) in [6, 6.07) is 7.05. The monoisotopic (exact) mass is 371 g/mol. The fourth-order valence-electron chi connectivity index (χ4n) is 3.95. The molecule has 0 unspecified atom stereocenters. The minimum atomic E-state index is -0.890. The normalized spacial score (nSPS) is 18.6. The minimum Gasteiger partial charge on any atom is -0.348 e. The summed E-state index contributed by atoms with van der Waals surface area (Å²) in [5.41, 5.74) is 9.71. The second kappa shape index (κ2) is 6.74. The van der Waals surface area contributed by atoms with Gasteiger partial charge >= 0.3 is 0 Å². The molecule has 2 aromatic rings. The van der Waals surface area contributed by atoms with Gasteiger partial charge in [0.15, 0.2) is 11.6 Å². The van der Waals surface area contributed by atoms with Gasteiger partial charge in [0.1, 0.15) is 0 Å². The number of carbonyl (C=O) groups excluding carboxylic acids is 2. The SMILES string of the molecule is N[C@@H](CC(=O)Nc1ccc2c(c1)CNC2=O)[C@H]1CCc2cc(F)c(F)cc21. The van der Waals surface area contributed by atoms with E-state index in [0.29, 0.717) is 36.2 Å². The Bertz CT molecular complexity index is 945. The van der Waals surface area contributed by atoms with Crippen molar-refractivity contribution in [1.82, 2.24) is 5.32 Å². The van der Waals surface area contributed by atoms with Gasteiger partial charge in [0.25, 0.3) is 5.91 Å². The zero-order valence-corrected chi connectivity index (χ0v) is 14.5. The molecular weight excluding hydrogens is 352 g/mol. The summed E-state index contributed by atoms with van der Waals surface area (Å²) < 4.78 is 27.0. The number of nitrogens with two attached hydrogens (primary N) is 1. The molecule has 1 aliphatic heterocycles. The number of nitrogens with one attached hydrogen (secondary N) is 2. The van der Waals surface area contributed by atoms with E-state index in [-0.39, 0.29) is 24.2 Å². The average Bonchev–Trinajstić information content (AvgIpc) is 3.19. The first-order valence-electron chi connectivity index (χ1n) is 8.86. The van der Waals surface area contributed by atoms with E-state index in [2.05, 4.69) is 10.6 Å². The van der Waals surface area contributed by atoms with Crippen LogP contribution >= 0.6 is 0 Å². The number of benzene rings is 2. The number of anilines is 1. The van der Waals surface area contributed by atoms with E-state index in [4.69, 9.17) is 5.73 Å². The van der Waals surface area contributed by atoms with Crippen molar-refractivity contribution >= 4 is 17.5 Å². The van der Waals surface area contributed by atoms with Gasteiger partial charge in [0.05, 0.1) is 0 Å². The molecule has 0 spiro atoms. The molecule has 0 aromatic heterocycles. The highest BCUT2D eigenvalue weighted by atomic mass is 19.2. The highest BCUT2D eigenvalue weighted by Gasteiger charge is 2.30. The van der Waals surface area contributed by atoms with Gasteiger partial charge in [-0.2, -0.15) is 0 Å². The Hall–Kier alpha value is -2.80. The molecule has 0 saturated carbocycles. The summed E-state index contributed by atoms with van der Waals surface area (Å²) >= 11 is 0. The molecule has 0 bridgehead atoms. The molecule has 2 amide bonds. The molecule has 27 heavy (non-hydrogen) atoms. The van der Waals surface area contributed by atoms with Gasteiger partial charge in [0, 0.05) is 36.2 Å². The standard InChI is InChI=1S/C20H19F2N3O2/c21-16-6-10-1-3-14(15(10)7-17(16)22)18(23)8-19(26)25-12-2-4-13-11(5-12)9-24-20(13)27/h2,4-7,14,18H,1,3,8-9,23H2,(H,24,27)(H,25,26)/t14-,18-/m0/s1. The lowest BCUT2D eigenvalue weighted by molar-refractivity contribution is -0.116. The van der Waals surface area contributed by atoms with Gasteiger partial charge < -0.3 is 16.4 Å². The fraction of sp³-hybridized carbons (Fsp3) is 0.300. The van der Waals surface area contributed by atoms with Crippen molar-refractivity contribution < 1.29 is 18.4 Å². The zero-order chi connectivity index (χ0) is 19.1. The van der Waals surface area contributed by atoms with Crippen LogP contribution < -0.4 is 16.4 Å². The van der Waals surface area contributed by atoms with E-state index in [9.17, 15) is 18.4 Å². The molecule has 0 fully saturated rings. The van der Waals surface area contributed by atoms with Crippen LogP contribution in [-0.4, -0.2) is 17.9 Å². The molecule has 0 radical (unpaired) electrons. The van der Waals surface area contributed by atoms with Crippen molar-refractivity contribution in [3.05, 3.63) is 64.2 Å². The van der Waals surface area contributed by atoms with Gasteiger partial charge in [-0.3, -0.25) is 9.59 Å². The molecule has 2 aromatic carbocycles. The maximum Gasteiger partial charge on any atom is 0.251 e. The highest BCUT2D eigenvalue weighted by Crippen LogP contribution is 2.37. The third kappa shape index (κ3) is 3.30. The number of rotatable bonds is 4. The summed E-state index contributed by atoms with van der Waals surface area (Å²) in [4.78, 5) is 23.9. The number of amides is 2. The molecule has 7 heteroatoms. The highest BCUT2D eigenvalue weighted by molar-refractivity contribution is 5.99. The number of aryl methyl sites for hydroxylation is 1. The van der Waals surface area contributed by atoms with Crippen LogP contribution in [0, 0.1) is 11.6 Å². The number of carbonyl (C=O) groups is 2. The topological polar surface area (TPSA) is 84.2 Å². The van der Waals surface area contributed by atoms with E-state index in [0.717, 1.165) is 11.1 Å². The predicted molar refractivity (Wildman–Crippen MR) is 96.3 cm³/mol. The molecule has 1 aliphatic carbocycles. The lowest BCUT2D eigenvalue weighted by Gasteiger charge is -2.20. The van der Waals surface area contributed by atoms with E-state index in [1.54, 1.807) is 18.2 Å². The molecule has 2 aliphatic rings. The first-order chi connectivity index (χ1) is 12.9. The molecule has 140 valence electrons. The van der Waals surface area contributed by atoms with Gasteiger partial charge in [0.2, 0.25) is 5.91 Å². The molecule has 1 heterocycles. The van der Waals surface area contributed by atoms with E-state index in [1.165, 1.54) is 12.1 Å². The van der Waals surface area contributed by atoms with E-state index in [1.807, 2.05) is 0 Å². The summed E-state index contributed by atoms with van der Waals surface area (Å²) in [5.74, 6) is -2.30. The molecule has 4 rings (SSSR count). The van der Waals surface area contributed by atoms with Crippen LogP contribution in [0.25, 0.3) is 0 Å². The summed E-state index contributed by atoms with van der Waals surface area (Å²) in [6.07, 6.45) is 1.36. The van der Waals surface area contributed by atoms with Crippen molar-refractivity contribution in [2.45, 2.75) is 37.8 Å². The molecule has 0 saturated heterocycles. The number of fused-ring (bicyclic) bond motifs is 2. The van der Waals surface area contributed by atoms with Gasteiger partial charge in [-0.25, -0.2) is 8.78 Å². The Kier molecular flexibility index (Phi) is 4.39. The van der Waals surface area contributed by atoms with Crippen molar-refractivity contribution in [2.75, 3.05) is 5.32 Å². The summed E-state index contributed by atoms with van der Waals surface area (Å²) in [7, 11) is 0. The third-order valence-electron chi connectivity index (χ3n) is 5.32. The Balaban J connectivity index is 1.42. The average molecular weight is 371 g/mol. The zero-order valence-electron chi connectivity index (χ0n) is 14.5. The van der Waals surface area contributed by atoms with Crippen molar-refractivity contribution in [3.63, 3.8) is 0 Å². The summed E-state index contributed by atoms with van der Waals surface area (Å²) in [6.45, 7) is 0.443. The van der Waals surface area contributed by atoms with Crippen LogP contribution in [0.4, 0.5) is 14.5 Å². The Morgan fingerprint density at radius 3 is 2.81 bits per heavy atom. The fourth-order valence-corrected chi connectivity index (χ4v) is 3.95. The van der Waals surface area contributed by atoms with Crippen LogP contribution in [0.5, 0.6) is 0 Å². The number of halogens is 2. The lowest BCUT2D eigenvalue weighted by atomic mass is 9.91. The van der Waals surface area contributed by atoms with Crippen molar-refractivity contribution in [1.29, 1.82) is 0 Å². The Labute approximate surface area is 154 Å². The third-order valence-corrected chi connectivity index (χ3v) is 5.32. The van der Waals surface area contributed by atoms with E-state index >= 15 is 0 Å². The second-order valence-electron chi connectivity index (χ2n) is 7.08. The van der Waals surface area contributed by atoms with Gasteiger partial charge in [-0.05, 0) is 59.9 Å². The van der Waals surface area contributed by atoms with Gasteiger partial charge in [-0.1, -0.05) is 0 Å². The van der Waals surface area contributed by atoms with Crippen molar-refractivity contribution in [3.8, 4) is 0 Å². The largest absolute Gasteiger partial charge is 0.348 e. The lowest BCUT2D eigenvalue weighted by Crippen LogP contribution is -2.32. The first-order valence-corrected chi connectivity index (χ1v) is 8.86. The molecule has 2 atom stereocenters. The maximum atomic E-state index is 13.6. The quantitative estimate of drug-likeness (QED) is 0.772. The van der Waals surface area contributed by atoms with Crippen LogP contribution in [0.15, 0.2) is 30.3 Å². The van der Waals surface area contributed by atoms with Crippen LogP contribution in [0.2, 0.25) is 0 Å². The first kappa shape index (κ1) is 17.6. The molecule has 5 nitrogen and oxygen atoms in total. The Morgan fingerprint density at radius 1 is 1.22 bits per heavy atom. The van der Waals surface area contributed by atoms with Crippen LogP contribution in [0.1, 0.15) is 45.8 Å². The number of hydrogen-bond acceptors (Lipinski definition) is 3. The summed E-state index contributed by atoms with van der Waals surface area (Å²) in [5, 5.41) is 5.52. The van der Waals surface area contributed by atoms with Gasteiger partial charge in [-0.15, -0.1) is 0 Å². The van der Waals surface area contributed by atoms with E-state index < -0.39 is 17.7 Å². The second-order valence-corrected chi connectivity index (χ2v) is 7.08. The van der Waals surface area contributed by atoms with Crippen LogP contribution in [-0.2, 0) is 17.8 Å². The molecule has 4 N–H and O–H groups in total. The Morgan fingerprint density at radius 2 is 2.00 bits per heavy atom. The molecular formula is C20H19F2N3O2. The number of hydrogen-bond donors (Lipinski definition) is 3. The predicted octanol–water partition coefficient (Wildman–Crippen LogP) is 2.59. The minimum absolute atomic E-state index is 0.0668. The maximum absolute atomic E-state index is 13.6.